The molecule has 9 nitrogen and oxygen atoms in total. The van der Waals surface area contributed by atoms with Gasteiger partial charge in [-0.3, -0.25) is 14.2 Å². The van der Waals surface area contributed by atoms with Crippen LogP contribution in [0.5, 0.6) is 0 Å². The van der Waals surface area contributed by atoms with Gasteiger partial charge in [0.15, 0.2) is 0 Å². The van der Waals surface area contributed by atoms with E-state index in [0.29, 0.717) is 23.9 Å². The van der Waals surface area contributed by atoms with Crippen LogP contribution in [0.1, 0.15) is 258 Å². The van der Waals surface area contributed by atoms with Gasteiger partial charge in [-0.05, 0) is 96.0 Å². The normalized spacial score (nSPS) is 14.4. The van der Waals surface area contributed by atoms with Crippen molar-refractivity contribution in [2.24, 2.45) is 0 Å². The van der Waals surface area contributed by atoms with Gasteiger partial charge < -0.3 is 28.5 Å². The van der Waals surface area contributed by atoms with Crippen LogP contribution in [0.3, 0.4) is 0 Å². The van der Waals surface area contributed by atoms with E-state index < -0.39 is 32.5 Å². The lowest BCUT2D eigenvalue weighted by molar-refractivity contribution is -0.870. The number of likely N-dealkylation sites (N-methyl/N-ethyl adjacent to an activating group) is 1. The second-order valence-electron chi connectivity index (χ2n) is 21.8. The molecule has 0 aliphatic heterocycles. The van der Waals surface area contributed by atoms with Gasteiger partial charge in [-0.15, -0.1) is 0 Å². The van der Waals surface area contributed by atoms with Crippen molar-refractivity contribution < 1.29 is 37.3 Å². The van der Waals surface area contributed by atoms with Crippen molar-refractivity contribution in [1.29, 1.82) is 0 Å². The number of ether oxygens (including phenoxy) is 1. The minimum atomic E-state index is -4.71. The van der Waals surface area contributed by atoms with Crippen molar-refractivity contribution in [2.75, 3.05) is 40.9 Å². The van der Waals surface area contributed by atoms with Gasteiger partial charge >= 0.3 is 5.97 Å². The third kappa shape index (κ3) is 55.7. The predicted octanol–water partition coefficient (Wildman–Crippen LogP) is 18.5. The lowest BCUT2D eigenvalue weighted by Gasteiger charge is -2.30. The van der Waals surface area contributed by atoms with E-state index in [1.54, 1.807) is 0 Å². The highest BCUT2D eigenvalue weighted by Gasteiger charge is 2.27. The molecule has 0 aromatic carbocycles. The SMILES string of the molecule is CC/C=C\C/C=C\C/C=C\C/C=C\C/C=C\CCCCCCCCCCCC(=O)NC(COP(=O)([O-])OCC[N+](C)(C)C)C(/C=C\CCCCCCCCCCCC)OC(=O)CC/C=C/C/C=C\CCCCCCCC. The molecule has 10 heteroatoms. The number of amides is 1. The van der Waals surface area contributed by atoms with Gasteiger partial charge in [-0.2, -0.15) is 0 Å². The van der Waals surface area contributed by atoms with Crippen LogP contribution in [0.25, 0.3) is 0 Å². The largest absolute Gasteiger partial charge is 0.756 e. The van der Waals surface area contributed by atoms with Crippen molar-refractivity contribution in [3.63, 3.8) is 0 Å². The lowest BCUT2D eigenvalue weighted by atomic mass is 10.0. The first-order valence-electron chi connectivity index (χ1n) is 31.0. The maximum Gasteiger partial charge on any atom is 0.306 e. The van der Waals surface area contributed by atoms with E-state index in [0.717, 1.165) is 96.3 Å². The Labute approximate surface area is 468 Å². The zero-order chi connectivity index (χ0) is 55.7. The maximum absolute atomic E-state index is 13.5. The molecule has 0 saturated heterocycles. The van der Waals surface area contributed by atoms with E-state index in [1.165, 1.54) is 122 Å². The summed E-state index contributed by atoms with van der Waals surface area (Å²) in [5.41, 5.74) is 0. The number of carbonyl (C=O) groups excluding carboxylic acids is 2. The van der Waals surface area contributed by atoms with E-state index >= 15 is 0 Å². The fourth-order valence-corrected chi connectivity index (χ4v) is 9.21. The molecule has 0 aromatic rings. The Balaban J connectivity index is 5.21. The maximum atomic E-state index is 13.5. The second-order valence-corrected chi connectivity index (χ2v) is 23.2. The molecule has 0 rings (SSSR count). The minimum absolute atomic E-state index is 0.0350. The molecule has 0 spiro atoms. The van der Waals surface area contributed by atoms with Gasteiger partial charge in [0.05, 0.1) is 33.8 Å². The number of hydrogen-bond acceptors (Lipinski definition) is 7. The number of phosphoric acid groups is 1. The standard InChI is InChI=1S/C66H117N2O7P/c1-7-10-13-16-19-22-25-28-29-30-31-32-33-34-35-36-37-38-39-41-43-46-49-52-55-58-65(69)67-63(62-74-76(71,72)73-61-60-68(4,5)6)64(57-54-51-48-45-42-27-24-21-18-15-12-9-3)75-66(70)59-56-53-50-47-44-40-26-23-20-17-14-11-8-2/h10,13,19,22,28-29,31-32,34-35,40,44,50,53-54,57,63-64H,7-9,11-12,14-18,20-21,23-27,30,33,36-39,41-43,45-49,51-52,55-56,58-62H2,1-6H3,(H-,67,69,71,72)/b13-10-,22-19-,29-28-,32-31-,35-34-,44-40-,53-50+,57-54-. The van der Waals surface area contributed by atoms with E-state index in [1.807, 2.05) is 39.4 Å². The molecular formula is C66H117N2O7P. The van der Waals surface area contributed by atoms with Gasteiger partial charge in [0.2, 0.25) is 5.91 Å². The first kappa shape index (κ1) is 72.9. The molecular weight excluding hydrogens is 964 g/mol. The summed E-state index contributed by atoms with van der Waals surface area (Å²) in [4.78, 5) is 39.9. The van der Waals surface area contributed by atoms with Gasteiger partial charge in [-0.1, -0.05) is 247 Å². The summed E-state index contributed by atoms with van der Waals surface area (Å²) in [5, 5.41) is 3.01. The summed E-state index contributed by atoms with van der Waals surface area (Å²) in [7, 11) is 1.15. The van der Waals surface area contributed by atoms with E-state index in [2.05, 4.69) is 105 Å². The van der Waals surface area contributed by atoms with E-state index in [-0.39, 0.29) is 18.9 Å². The monoisotopic (exact) mass is 1080 g/mol. The van der Waals surface area contributed by atoms with Gasteiger partial charge in [0, 0.05) is 12.8 Å². The quantitative estimate of drug-likeness (QED) is 0.0212. The Kier molecular flexibility index (Phi) is 53.0. The molecule has 1 amide bonds. The number of hydrogen-bond donors (Lipinski definition) is 1. The topological polar surface area (TPSA) is 114 Å². The summed E-state index contributed by atoms with van der Waals surface area (Å²) >= 11 is 0. The Hall–Kier alpha value is -3.07. The molecule has 0 aliphatic rings. The first-order chi connectivity index (χ1) is 36.9. The van der Waals surface area contributed by atoms with Gasteiger partial charge in [-0.25, -0.2) is 0 Å². The highest BCUT2D eigenvalue weighted by molar-refractivity contribution is 7.45. The number of esters is 1. The summed E-state index contributed by atoms with van der Waals surface area (Å²) in [6.45, 7) is 6.67. The summed E-state index contributed by atoms with van der Waals surface area (Å²) in [6.07, 6.45) is 73.9. The van der Waals surface area contributed by atoms with Crippen LogP contribution in [0.2, 0.25) is 0 Å². The number of rotatable bonds is 55. The average molecular weight is 1080 g/mol. The van der Waals surface area contributed by atoms with Crippen LogP contribution in [0.4, 0.5) is 0 Å². The second kappa shape index (κ2) is 55.3. The predicted molar refractivity (Wildman–Crippen MR) is 325 cm³/mol. The van der Waals surface area contributed by atoms with Crippen molar-refractivity contribution >= 4 is 19.7 Å². The number of nitrogens with one attached hydrogen (secondary N) is 1. The summed E-state index contributed by atoms with van der Waals surface area (Å²) in [5.74, 6) is -0.629. The number of carbonyl (C=O) groups is 2. The molecule has 0 bridgehead atoms. The molecule has 0 radical (unpaired) electrons. The third-order valence-electron chi connectivity index (χ3n) is 13.3. The van der Waals surface area contributed by atoms with Crippen LogP contribution in [0.15, 0.2) is 97.2 Å². The average Bonchev–Trinajstić information content (AvgIpc) is 3.38. The molecule has 3 unspecified atom stereocenters. The highest BCUT2D eigenvalue weighted by atomic mass is 31.2. The zero-order valence-electron chi connectivity index (χ0n) is 49.9. The fraction of sp³-hybridized carbons (Fsp3) is 0.727. The Morgan fingerprint density at radius 2 is 0.855 bits per heavy atom. The molecule has 1 N–H and O–H groups in total. The fourth-order valence-electron chi connectivity index (χ4n) is 8.48. The molecule has 3 atom stereocenters. The molecule has 438 valence electrons. The minimum Gasteiger partial charge on any atom is -0.756 e. The first-order valence-corrected chi connectivity index (χ1v) is 32.5. The Bertz CT molecular complexity index is 1620. The van der Waals surface area contributed by atoms with Gasteiger partial charge in [0.25, 0.3) is 7.82 Å². The van der Waals surface area contributed by atoms with Crippen LogP contribution >= 0.6 is 7.82 Å². The third-order valence-corrected chi connectivity index (χ3v) is 14.2. The van der Waals surface area contributed by atoms with Crippen LogP contribution in [0, 0.1) is 0 Å². The molecule has 0 aliphatic carbocycles. The van der Waals surface area contributed by atoms with Crippen LogP contribution < -0.4 is 10.2 Å². The summed E-state index contributed by atoms with van der Waals surface area (Å²) < 4.78 is 30.2. The molecule has 0 saturated carbocycles. The van der Waals surface area contributed by atoms with E-state index in [9.17, 15) is 19.0 Å². The van der Waals surface area contributed by atoms with Crippen molar-refractivity contribution in [2.45, 2.75) is 270 Å². The highest BCUT2D eigenvalue weighted by Crippen LogP contribution is 2.38. The summed E-state index contributed by atoms with van der Waals surface area (Å²) in [6, 6.07) is -0.919. The molecule has 0 fully saturated rings. The van der Waals surface area contributed by atoms with Crippen molar-refractivity contribution in [3.8, 4) is 0 Å². The molecule has 0 aromatic heterocycles. The Morgan fingerprint density at radius 1 is 0.474 bits per heavy atom. The zero-order valence-corrected chi connectivity index (χ0v) is 50.8. The van der Waals surface area contributed by atoms with Crippen molar-refractivity contribution in [1.82, 2.24) is 5.32 Å². The van der Waals surface area contributed by atoms with Crippen LogP contribution in [-0.4, -0.2) is 69.4 Å². The Morgan fingerprint density at radius 3 is 1.29 bits per heavy atom. The number of unbranched alkanes of at least 4 members (excludes halogenated alkanes) is 25. The number of allylic oxidation sites excluding steroid dienone is 15. The van der Waals surface area contributed by atoms with Crippen molar-refractivity contribution in [3.05, 3.63) is 97.2 Å². The van der Waals surface area contributed by atoms with E-state index in [4.69, 9.17) is 13.8 Å². The number of quaternary nitrogens is 1. The molecule has 76 heavy (non-hydrogen) atoms. The lowest BCUT2D eigenvalue weighted by Crippen LogP contribution is -2.47. The smallest absolute Gasteiger partial charge is 0.306 e. The molecule has 0 heterocycles. The number of nitrogens with zero attached hydrogens (tertiary/aromatic N) is 1. The van der Waals surface area contributed by atoms with Gasteiger partial charge in [0.1, 0.15) is 19.3 Å². The number of phosphoric ester groups is 1. The van der Waals surface area contributed by atoms with Crippen LogP contribution in [-0.2, 0) is 27.9 Å².